The highest BCUT2D eigenvalue weighted by atomic mass is 79.9. The Morgan fingerprint density at radius 1 is 1.06 bits per heavy atom. The van der Waals surface area contributed by atoms with Crippen LogP contribution < -0.4 is 14.4 Å². The molecule has 0 spiro atoms. The van der Waals surface area contributed by atoms with Gasteiger partial charge in [-0.25, -0.2) is 0 Å². The average molecular weight is 541 g/mol. The number of halogens is 1. The number of hydrogen-bond donors (Lipinski definition) is 1. The van der Waals surface area contributed by atoms with E-state index < -0.39 is 17.7 Å². The van der Waals surface area contributed by atoms with Gasteiger partial charge in [0, 0.05) is 33.1 Å². The third-order valence-corrected chi connectivity index (χ3v) is 6.31. The van der Waals surface area contributed by atoms with Gasteiger partial charge in [-0.2, -0.15) is 0 Å². The average Bonchev–Trinajstić information content (AvgIpc) is 3.42. The van der Waals surface area contributed by atoms with Gasteiger partial charge in [-0.15, -0.1) is 0 Å². The second-order valence-electron chi connectivity index (χ2n) is 9.08. The number of anilines is 1. The molecule has 0 aliphatic carbocycles. The SMILES string of the molecule is COc1ccc([C@H]2/C(=C(\O)c3ccc(Br)cc3)C(=O)C(=O)N2c2cc(C(C)(C)C)on2)c(OC)c1. The van der Waals surface area contributed by atoms with Crippen LogP contribution in [0, 0.1) is 0 Å². The number of carbonyl (C=O) groups is 2. The minimum atomic E-state index is -1.02. The molecule has 1 aliphatic rings. The number of aliphatic hydroxyl groups is 1. The fourth-order valence-corrected chi connectivity index (χ4v) is 4.17. The molecule has 1 fully saturated rings. The maximum atomic E-state index is 13.3. The number of hydrogen-bond acceptors (Lipinski definition) is 7. The summed E-state index contributed by atoms with van der Waals surface area (Å²) in [5, 5.41) is 15.3. The Kier molecular flexibility index (Phi) is 6.46. The highest BCUT2D eigenvalue weighted by molar-refractivity contribution is 9.10. The summed E-state index contributed by atoms with van der Waals surface area (Å²) in [5.41, 5.74) is 0.413. The molecule has 4 rings (SSSR count). The minimum Gasteiger partial charge on any atom is -0.507 e. The van der Waals surface area contributed by atoms with Gasteiger partial charge >= 0.3 is 5.91 Å². The molecule has 2 aromatic carbocycles. The van der Waals surface area contributed by atoms with Crippen molar-refractivity contribution in [2.45, 2.75) is 32.2 Å². The van der Waals surface area contributed by atoms with Crippen LogP contribution >= 0.6 is 15.9 Å². The number of aliphatic hydroxyl groups excluding tert-OH is 1. The Morgan fingerprint density at radius 3 is 2.31 bits per heavy atom. The number of ketones is 1. The summed E-state index contributed by atoms with van der Waals surface area (Å²) < 4.78 is 17.2. The summed E-state index contributed by atoms with van der Waals surface area (Å²) in [5.74, 6) is -0.360. The maximum Gasteiger partial charge on any atom is 0.301 e. The molecule has 9 heteroatoms. The van der Waals surface area contributed by atoms with Gasteiger partial charge in [-0.3, -0.25) is 14.5 Å². The van der Waals surface area contributed by atoms with E-state index in [-0.39, 0.29) is 22.6 Å². The Labute approximate surface area is 211 Å². The van der Waals surface area contributed by atoms with Gasteiger partial charge in [0.15, 0.2) is 5.82 Å². The van der Waals surface area contributed by atoms with Crippen molar-refractivity contribution in [3.8, 4) is 11.5 Å². The third kappa shape index (κ3) is 4.43. The van der Waals surface area contributed by atoms with E-state index in [1.807, 2.05) is 20.8 Å². The molecular weight excluding hydrogens is 516 g/mol. The number of amides is 1. The van der Waals surface area contributed by atoms with Gasteiger partial charge in [0.1, 0.15) is 29.1 Å². The quantitative estimate of drug-likeness (QED) is 0.263. The zero-order valence-electron chi connectivity index (χ0n) is 20.0. The van der Waals surface area contributed by atoms with E-state index in [2.05, 4.69) is 21.1 Å². The number of nitrogens with zero attached hydrogens (tertiary/aromatic N) is 2. The topological polar surface area (TPSA) is 102 Å². The molecule has 0 radical (unpaired) electrons. The highest BCUT2D eigenvalue weighted by Gasteiger charge is 2.49. The highest BCUT2D eigenvalue weighted by Crippen LogP contribution is 2.46. The van der Waals surface area contributed by atoms with Gasteiger partial charge < -0.3 is 19.1 Å². The summed E-state index contributed by atoms with van der Waals surface area (Å²) in [6, 6.07) is 12.4. The van der Waals surface area contributed by atoms with Crippen LogP contribution in [0.1, 0.15) is 43.7 Å². The number of aromatic nitrogens is 1. The Balaban J connectivity index is 1.97. The van der Waals surface area contributed by atoms with Gasteiger partial charge in [0.25, 0.3) is 5.78 Å². The van der Waals surface area contributed by atoms with Gasteiger partial charge in [0.2, 0.25) is 0 Å². The van der Waals surface area contributed by atoms with E-state index in [4.69, 9.17) is 14.0 Å². The van der Waals surface area contributed by atoms with Crippen molar-refractivity contribution in [2.75, 3.05) is 19.1 Å². The van der Waals surface area contributed by atoms with Crippen LogP contribution in [0.15, 0.2) is 63.1 Å². The molecule has 3 aromatic rings. The van der Waals surface area contributed by atoms with E-state index in [1.165, 1.54) is 19.1 Å². The van der Waals surface area contributed by atoms with Crippen LogP contribution in [0.2, 0.25) is 0 Å². The molecule has 0 saturated carbocycles. The molecule has 35 heavy (non-hydrogen) atoms. The van der Waals surface area contributed by atoms with Crippen molar-refractivity contribution in [1.29, 1.82) is 0 Å². The van der Waals surface area contributed by atoms with Crippen LogP contribution in [0.4, 0.5) is 5.82 Å². The van der Waals surface area contributed by atoms with Crippen molar-refractivity contribution in [3.05, 3.63) is 75.5 Å². The summed E-state index contributed by atoms with van der Waals surface area (Å²) in [4.78, 5) is 27.9. The molecule has 8 nitrogen and oxygen atoms in total. The molecule has 1 amide bonds. The Bertz CT molecular complexity index is 1320. The first-order valence-corrected chi connectivity index (χ1v) is 11.6. The number of rotatable bonds is 5. The van der Waals surface area contributed by atoms with Crippen LogP contribution in [0.25, 0.3) is 5.76 Å². The molecular formula is C26H25BrN2O6. The number of benzene rings is 2. The Morgan fingerprint density at radius 2 is 1.74 bits per heavy atom. The molecule has 0 unspecified atom stereocenters. The summed E-state index contributed by atoms with van der Waals surface area (Å²) in [6.07, 6.45) is 0. The molecule has 1 N–H and O–H groups in total. The van der Waals surface area contributed by atoms with Gasteiger partial charge in [-0.1, -0.05) is 54.0 Å². The zero-order valence-corrected chi connectivity index (χ0v) is 21.5. The standard InChI is InChI=1S/C26H25BrN2O6/c1-26(2,3)19-13-20(28-35-19)29-22(17-11-10-16(33-4)12-18(17)34-5)21(24(31)25(29)32)23(30)14-6-8-15(27)9-7-14/h6-13,22,30H,1-5H3/b23-21+/t22-/m0/s1. The normalized spacial score (nSPS) is 17.7. The van der Waals surface area contributed by atoms with Crippen molar-refractivity contribution < 1.29 is 28.7 Å². The van der Waals surface area contributed by atoms with E-state index in [9.17, 15) is 14.7 Å². The fourth-order valence-electron chi connectivity index (χ4n) is 3.90. The van der Waals surface area contributed by atoms with Crippen LogP contribution in [0.3, 0.4) is 0 Å². The van der Waals surface area contributed by atoms with Crippen LogP contribution in [-0.4, -0.2) is 36.2 Å². The third-order valence-electron chi connectivity index (χ3n) is 5.78. The zero-order chi connectivity index (χ0) is 25.5. The molecule has 0 bridgehead atoms. The second kappa shape index (κ2) is 9.22. The summed E-state index contributed by atoms with van der Waals surface area (Å²) in [6.45, 7) is 5.84. The molecule has 182 valence electrons. The monoisotopic (exact) mass is 540 g/mol. The van der Waals surface area contributed by atoms with E-state index in [1.54, 1.807) is 48.5 Å². The number of methoxy groups -OCH3 is 2. The van der Waals surface area contributed by atoms with Crippen molar-refractivity contribution in [2.24, 2.45) is 0 Å². The van der Waals surface area contributed by atoms with Crippen molar-refractivity contribution in [1.82, 2.24) is 5.16 Å². The first-order valence-electron chi connectivity index (χ1n) is 10.8. The van der Waals surface area contributed by atoms with E-state index >= 15 is 0 Å². The summed E-state index contributed by atoms with van der Waals surface area (Å²) >= 11 is 3.36. The molecule has 2 heterocycles. The lowest BCUT2D eigenvalue weighted by Crippen LogP contribution is -2.30. The number of Topliss-reactive ketones (excluding diaryl/α,β-unsaturated/α-hetero) is 1. The first-order chi connectivity index (χ1) is 16.6. The van der Waals surface area contributed by atoms with Gasteiger partial charge in [0.05, 0.1) is 19.8 Å². The van der Waals surface area contributed by atoms with Gasteiger partial charge in [-0.05, 0) is 24.3 Å². The van der Waals surface area contributed by atoms with E-state index in [0.29, 0.717) is 28.4 Å². The number of ether oxygens (including phenoxy) is 2. The number of carbonyl (C=O) groups excluding carboxylic acids is 2. The predicted octanol–water partition coefficient (Wildman–Crippen LogP) is 5.38. The van der Waals surface area contributed by atoms with Crippen molar-refractivity contribution in [3.63, 3.8) is 0 Å². The lowest BCUT2D eigenvalue weighted by molar-refractivity contribution is -0.132. The lowest BCUT2D eigenvalue weighted by atomic mass is 9.93. The smallest absolute Gasteiger partial charge is 0.301 e. The minimum absolute atomic E-state index is 0.0823. The van der Waals surface area contributed by atoms with Crippen molar-refractivity contribution >= 4 is 39.2 Å². The maximum absolute atomic E-state index is 13.3. The molecule has 1 saturated heterocycles. The molecule has 1 aliphatic heterocycles. The molecule has 1 atom stereocenters. The first kappa shape index (κ1) is 24.5. The molecule has 1 aromatic heterocycles. The largest absolute Gasteiger partial charge is 0.507 e. The fraction of sp³-hybridized carbons (Fsp3) is 0.269. The van der Waals surface area contributed by atoms with Crippen LogP contribution in [0.5, 0.6) is 11.5 Å². The second-order valence-corrected chi connectivity index (χ2v) is 10.00. The summed E-state index contributed by atoms with van der Waals surface area (Å²) in [7, 11) is 3.00. The Hall–Kier alpha value is -3.59. The van der Waals surface area contributed by atoms with E-state index in [0.717, 1.165) is 4.47 Å². The predicted molar refractivity (Wildman–Crippen MR) is 134 cm³/mol. The van der Waals surface area contributed by atoms with Crippen LogP contribution in [-0.2, 0) is 15.0 Å². The lowest BCUT2D eigenvalue weighted by Gasteiger charge is -2.24.